The number of hydrogen-bond acceptors (Lipinski definition) is 2. The van der Waals surface area contributed by atoms with E-state index in [-0.39, 0.29) is 0 Å². The average Bonchev–Trinajstić information content (AvgIpc) is 1.21. The molecule has 50 valence electrons. The van der Waals surface area contributed by atoms with Crippen molar-refractivity contribution in [1.82, 2.24) is 0 Å². The van der Waals surface area contributed by atoms with E-state index in [9.17, 15) is 13.2 Å². The molecule has 0 aliphatic carbocycles. The highest BCUT2D eigenvalue weighted by atomic mass is 19.3. The number of hydrogen-bond donors (Lipinski definition) is 1. The lowest BCUT2D eigenvalue weighted by molar-refractivity contribution is -0.344. The van der Waals surface area contributed by atoms with Crippen LogP contribution in [0.5, 0.6) is 0 Å². The zero-order valence-electron chi connectivity index (χ0n) is 4.07. The minimum Gasteiger partial charge on any atom is -0.340 e. The summed E-state index contributed by atoms with van der Waals surface area (Å²) in [6, 6.07) is -3.23. The molecule has 1 N–H and O–H groups in total. The Morgan fingerprint density at radius 1 is 1.62 bits per heavy atom. The van der Waals surface area contributed by atoms with E-state index in [2.05, 4.69) is 4.74 Å². The molecule has 0 aliphatic rings. The van der Waals surface area contributed by atoms with Crippen molar-refractivity contribution in [2.24, 2.45) is 0 Å². The Bertz CT molecular complexity index is 67.4. The third kappa shape index (κ3) is 5.71. The summed E-state index contributed by atoms with van der Waals surface area (Å²) in [6.07, 6.45) is 0. The third-order valence-corrected chi connectivity index (χ3v) is 0.304. The Labute approximate surface area is 43.9 Å². The fraction of sp³-hybridized carbons (Fsp3) is 1.00. The molecular weight excluding hydrogens is 125 g/mol. The summed E-state index contributed by atoms with van der Waals surface area (Å²) in [7, 11) is 0. The molecule has 1 atom stereocenters. The molecule has 5 heteroatoms. The smallest absolute Gasteiger partial charge is 0.340 e. The van der Waals surface area contributed by atoms with Gasteiger partial charge in [-0.2, -0.15) is 13.2 Å². The van der Waals surface area contributed by atoms with Gasteiger partial charge in [-0.15, -0.1) is 0 Å². The molecular formula is C3H5F3O2. The van der Waals surface area contributed by atoms with Crippen molar-refractivity contribution < 1.29 is 23.0 Å². The zero-order valence-corrected chi connectivity index (χ0v) is 4.07. The van der Waals surface area contributed by atoms with Gasteiger partial charge in [-0.25, -0.2) is 0 Å². The lowest BCUT2D eigenvalue weighted by atomic mass is 10.7. The predicted octanol–water partition coefficient (Wildman–Crippen LogP) is 0.861. The van der Waals surface area contributed by atoms with Crippen molar-refractivity contribution in [3.8, 4) is 0 Å². The van der Waals surface area contributed by atoms with Crippen LogP contribution in [0.2, 0.25) is 0 Å². The van der Waals surface area contributed by atoms with Gasteiger partial charge >= 0.3 is 12.7 Å². The van der Waals surface area contributed by atoms with E-state index in [1.165, 1.54) is 0 Å². The van der Waals surface area contributed by atoms with Gasteiger partial charge in [0.05, 0.1) is 0 Å². The Balaban J connectivity index is 3.39. The fourth-order valence-electron chi connectivity index (χ4n) is 0.163. The standard InChI is InChI=1S/C3H5F3O2/c1-3(6,7)8-2(4)5/h2,7H,1H3. The molecule has 0 bridgehead atoms. The second-order valence-electron chi connectivity index (χ2n) is 1.25. The highest BCUT2D eigenvalue weighted by molar-refractivity contribution is 4.33. The van der Waals surface area contributed by atoms with Gasteiger partial charge in [0, 0.05) is 6.92 Å². The van der Waals surface area contributed by atoms with Crippen LogP contribution >= 0.6 is 0 Å². The summed E-state index contributed by atoms with van der Waals surface area (Å²) < 4.78 is 36.3. The van der Waals surface area contributed by atoms with Gasteiger partial charge in [-0.1, -0.05) is 0 Å². The molecule has 0 heterocycles. The number of aliphatic hydroxyl groups is 1. The Kier molecular flexibility index (Phi) is 2.24. The van der Waals surface area contributed by atoms with E-state index in [1.54, 1.807) is 0 Å². The first-order chi connectivity index (χ1) is 3.42. The summed E-state index contributed by atoms with van der Waals surface area (Å²) >= 11 is 0. The number of halogens is 3. The number of alkyl halides is 3. The molecule has 0 fully saturated rings. The first kappa shape index (κ1) is 7.71. The molecule has 0 aromatic heterocycles. The van der Waals surface area contributed by atoms with Crippen molar-refractivity contribution >= 4 is 0 Å². The molecule has 0 aromatic rings. The summed E-state index contributed by atoms with van der Waals surface area (Å²) in [6.45, 7) is -2.81. The lowest BCUT2D eigenvalue weighted by Gasteiger charge is -2.11. The van der Waals surface area contributed by atoms with Crippen molar-refractivity contribution in [3.05, 3.63) is 0 Å². The molecule has 0 aliphatic heterocycles. The Hall–Kier alpha value is -0.290. The maximum absolute atomic E-state index is 11.5. The van der Waals surface area contributed by atoms with Crippen LogP contribution in [0, 0.1) is 0 Å². The van der Waals surface area contributed by atoms with Gasteiger partial charge in [-0.05, 0) is 0 Å². The summed E-state index contributed by atoms with van der Waals surface area (Å²) in [5.41, 5.74) is 0. The number of rotatable bonds is 2. The highest BCUT2D eigenvalue weighted by Crippen LogP contribution is 2.11. The molecule has 0 amide bonds. The van der Waals surface area contributed by atoms with Crippen LogP contribution in [0.1, 0.15) is 6.92 Å². The van der Waals surface area contributed by atoms with Crippen LogP contribution in [0.25, 0.3) is 0 Å². The summed E-state index contributed by atoms with van der Waals surface area (Å²) in [5.74, 6) is 0. The monoisotopic (exact) mass is 130 g/mol. The van der Waals surface area contributed by atoms with E-state index in [0.717, 1.165) is 0 Å². The van der Waals surface area contributed by atoms with Crippen LogP contribution in [-0.2, 0) is 4.74 Å². The molecule has 0 saturated carbocycles. The minimum absolute atomic E-state index is 0.471. The third-order valence-electron chi connectivity index (χ3n) is 0.304. The Morgan fingerprint density at radius 3 is 2.00 bits per heavy atom. The molecule has 0 spiro atoms. The Morgan fingerprint density at radius 2 is 2.00 bits per heavy atom. The van der Waals surface area contributed by atoms with Gasteiger partial charge in [0.15, 0.2) is 0 Å². The van der Waals surface area contributed by atoms with Gasteiger partial charge in [0.2, 0.25) is 0 Å². The summed E-state index contributed by atoms with van der Waals surface area (Å²) in [5, 5.41) is 7.82. The van der Waals surface area contributed by atoms with Gasteiger partial charge in [0.1, 0.15) is 0 Å². The van der Waals surface area contributed by atoms with Crippen molar-refractivity contribution in [2.45, 2.75) is 19.6 Å². The molecule has 0 aromatic carbocycles. The van der Waals surface area contributed by atoms with Crippen LogP contribution in [0.3, 0.4) is 0 Å². The van der Waals surface area contributed by atoms with E-state index in [4.69, 9.17) is 5.11 Å². The maximum Gasteiger partial charge on any atom is 0.349 e. The quantitative estimate of drug-likeness (QED) is 0.562. The molecule has 0 radical (unpaired) electrons. The lowest BCUT2D eigenvalue weighted by Crippen LogP contribution is -2.24. The zero-order chi connectivity index (χ0) is 6.78. The number of ether oxygens (including phenoxy) is 1. The topological polar surface area (TPSA) is 29.5 Å². The molecule has 0 saturated heterocycles. The normalized spacial score (nSPS) is 18.8. The average molecular weight is 130 g/mol. The second kappa shape index (κ2) is 2.32. The van der Waals surface area contributed by atoms with Crippen molar-refractivity contribution in [1.29, 1.82) is 0 Å². The predicted molar refractivity (Wildman–Crippen MR) is 18.8 cm³/mol. The first-order valence-corrected chi connectivity index (χ1v) is 1.79. The molecule has 8 heavy (non-hydrogen) atoms. The SMILES string of the molecule is CC(O)(F)OC(F)F. The van der Waals surface area contributed by atoms with Crippen molar-refractivity contribution in [3.63, 3.8) is 0 Å². The van der Waals surface area contributed by atoms with E-state index >= 15 is 0 Å². The van der Waals surface area contributed by atoms with E-state index in [0.29, 0.717) is 6.92 Å². The second-order valence-corrected chi connectivity index (χ2v) is 1.25. The van der Waals surface area contributed by atoms with Crippen LogP contribution < -0.4 is 0 Å². The summed E-state index contributed by atoms with van der Waals surface area (Å²) in [4.78, 5) is 0. The van der Waals surface area contributed by atoms with Crippen molar-refractivity contribution in [2.75, 3.05) is 0 Å². The van der Waals surface area contributed by atoms with Crippen LogP contribution in [0.4, 0.5) is 13.2 Å². The highest BCUT2D eigenvalue weighted by Gasteiger charge is 2.23. The molecule has 0 rings (SSSR count). The van der Waals surface area contributed by atoms with Gasteiger partial charge < -0.3 is 5.11 Å². The van der Waals surface area contributed by atoms with E-state index in [1.807, 2.05) is 0 Å². The van der Waals surface area contributed by atoms with Gasteiger partial charge in [-0.3, -0.25) is 4.74 Å². The maximum atomic E-state index is 11.5. The fourth-order valence-corrected chi connectivity index (χ4v) is 0.163. The largest absolute Gasteiger partial charge is 0.349 e. The van der Waals surface area contributed by atoms with Crippen LogP contribution in [0.15, 0.2) is 0 Å². The minimum atomic E-state index is -3.28. The van der Waals surface area contributed by atoms with Crippen LogP contribution in [-0.4, -0.2) is 17.8 Å². The molecule has 1 unspecified atom stereocenters. The van der Waals surface area contributed by atoms with Gasteiger partial charge in [0.25, 0.3) is 0 Å². The molecule has 2 nitrogen and oxygen atoms in total. The van der Waals surface area contributed by atoms with E-state index < -0.39 is 12.7 Å². The first-order valence-electron chi connectivity index (χ1n) is 1.79.